The van der Waals surface area contributed by atoms with E-state index in [0.29, 0.717) is 24.9 Å². The molecule has 0 atom stereocenters. The number of benzene rings is 1. The van der Waals surface area contributed by atoms with Gasteiger partial charge in [-0.1, -0.05) is 30.3 Å². The number of piperidine rings is 1. The van der Waals surface area contributed by atoms with Gasteiger partial charge in [-0.15, -0.1) is 0 Å². The minimum absolute atomic E-state index is 0.143. The van der Waals surface area contributed by atoms with Crippen LogP contribution in [0.5, 0.6) is 0 Å². The second kappa shape index (κ2) is 9.92. The molecule has 0 radical (unpaired) electrons. The van der Waals surface area contributed by atoms with Gasteiger partial charge in [0.25, 0.3) is 0 Å². The van der Waals surface area contributed by atoms with Crippen molar-refractivity contribution in [3.05, 3.63) is 35.9 Å². The number of piperazine rings is 1. The SMILES string of the molecule is CN1CCN(C(=O)CCC(=O)N(C2CC2)C2CCN(Cc3ccccc3)CC2)CC1. The molecule has 0 N–H and O–H groups in total. The van der Waals surface area contributed by atoms with Crippen molar-refractivity contribution in [2.45, 2.75) is 57.2 Å². The van der Waals surface area contributed by atoms with Crippen LogP contribution >= 0.6 is 0 Å². The maximum absolute atomic E-state index is 13.1. The summed E-state index contributed by atoms with van der Waals surface area (Å²) in [4.78, 5) is 34.4. The predicted octanol–water partition coefficient (Wildman–Crippen LogP) is 2.20. The number of likely N-dealkylation sites (tertiary alicyclic amines) is 1. The minimum atomic E-state index is 0.143. The highest BCUT2D eigenvalue weighted by Gasteiger charge is 2.38. The van der Waals surface area contributed by atoms with Gasteiger partial charge in [-0.3, -0.25) is 14.5 Å². The number of hydrogen-bond donors (Lipinski definition) is 0. The Labute approximate surface area is 180 Å². The minimum Gasteiger partial charge on any atom is -0.340 e. The zero-order chi connectivity index (χ0) is 20.9. The first-order valence-electron chi connectivity index (χ1n) is 11.6. The lowest BCUT2D eigenvalue weighted by Crippen LogP contribution is -2.49. The number of nitrogens with zero attached hydrogens (tertiary/aromatic N) is 4. The second-order valence-electron chi connectivity index (χ2n) is 9.21. The summed E-state index contributed by atoms with van der Waals surface area (Å²) >= 11 is 0. The van der Waals surface area contributed by atoms with E-state index in [4.69, 9.17) is 0 Å². The fourth-order valence-corrected chi connectivity index (χ4v) is 4.81. The van der Waals surface area contributed by atoms with E-state index >= 15 is 0 Å². The Balaban J connectivity index is 1.25. The fraction of sp³-hybridized carbons (Fsp3) is 0.667. The third-order valence-corrected chi connectivity index (χ3v) is 6.84. The van der Waals surface area contributed by atoms with Crippen LogP contribution in [-0.2, 0) is 16.1 Å². The summed E-state index contributed by atoms with van der Waals surface area (Å²) < 4.78 is 0. The Bertz CT molecular complexity index is 705. The van der Waals surface area contributed by atoms with Crippen molar-refractivity contribution < 1.29 is 9.59 Å². The van der Waals surface area contributed by atoms with E-state index in [-0.39, 0.29) is 11.8 Å². The molecule has 6 nitrogen and oxygen atoms in total. The van der Waals surface area contributed by atoms with Crippen molar-refractivity contribution in [2.24, 2.45) is 0 Å². The highest BCUT2D eigenvalue weighted by Crippen LogP contribution is 2.33. The van der Waals surface area contributed by atoms with Gasteiger partial charge in [0.2, 0.25) is 11.8 Å². The summed E-state index contributed by atoms with van der Waals surface area (Å²) in [6.07, 6.45) is 5.07. The summed E-state index contributed by atoms with van der Waals surface area (Å²) in [6, 6.07) is 11.4. The largest absolute Gasteiger partial charge is 0.340 e. The second-order valence-corrected chi connectivity index (χ2v) is 9.21. The molecule has 1 aromatic carbocycles. The first kappa shape index (κ1) is 21.3. The predicted molar refractivity (Wildman–Crippen MR) is 118 cm³/mol. The van der Waals surface area contributed by atoms with E-state index in [9.17, 15) is 9.59 Å². The molecular weight excluding hydrogens is 376 g/mol. The Morgan fingerprint density at radius 1 is 0.867 bits per heavy atom. The van der Waals surface area contributed by atoms with Crippen molar-refractivity contribution in [1.82, 2.24) is 19.6 Å². The average Bonchev–Trinajstić information content (AvgIpc) is 3.60. The monoisotopic (exact) mass is 412 g/mol. The van der Waals surface area contributed by atoms with Crippen molar-refractivity contribution in [2.75, 3.05) is 46.3 Å². The molecule has 3 fully saturated rings. The van der Waals surface area contributed by atoms with E-state index in [0.717, 1.165) is 71.5 Å². The fourth-order valence-electron chi connectivity index (χ4n) is 4.81. The average molecular weight is 413 g/mol. The van der Waals surface area contributed by atoms with Gasteiger partial charge in [-0.25, -0.2) is 0 Å². The smallest absolute Gasteiger partial charge is 0.223 e. The van der Waals surface area contributed by atoms with Crippen molar-refractivity contribution >= 4 is 11.8 Å². The third-order valence-electron chi connectivity index (χ3n) is 6.84. The molecule has 6 heteroatoms. The molecule has 30 heavy (non-hydrogen) atoms. The molecule has 1 saturated carbocycles. The number of likely N-dealkylation sites (N-methyl/N-ethyl adjacent to an activating group) is 1. The zero-order valence-corrected chi connectivity index (χ0v) is 18.3. The van der Waals surface area contributed by atoms with E-state index in [1.165, 1.54) is 5.56 Å². The quantitative estimate of drug-likeness (QED) is 0.689. The van der Waals surface area contributed by atoms with Crippen LogP contribution in [0.4, 0.5) is 0 Å². The molecule has 0 aromatic heterocycles. The van der Waals surface area contributed by atoms with Gasteiger partial charge < -0.3 is 14.7 Å². The van der Waals surface area contributed by atoms with Crippen LogP contribution in [0.3, 0.4) is 0 Å². The van der Waals surface area contributed by atoms with E-state index in [1.807, 2.05) is 4.90 Å². The molecule has 2 aliphatic heterocycles. The zero-order valence-electron chi connectivity index (χ0n) is 18.3. The lowest BCUT2D eigenvalue weighted by Gasteiger charge is -2.39. The molecular formula is C24H36N4O2. The molecule has 0 unspecified atom stereocenters. The Hall–Kier alpha value is -1.92. The number of amides is 2. The summed E-state index contributed by atoms with van der Waals surface area (Å²) in [5.41, 5.74) is 1.36. The van der Waals surface area contributed by atoms with E-state index < -0.39 is 0 Å². The number of rotatable bonds is 7. The first-order chi connectivity index (χ1) is 14.6. The van der Waals surface area contributed by atoms with Gasteiger partial charge in [-0.05, 0) is 38.3 Å². The van der Waals surface area contributed by atoms with E-state index in [2.05, 4.69) is 52.1 Å². The van der Waals surface area contributed by atoms with Gasteiger partial charge in [-0.2, -0.15) is 0 Å². The molecule has 2 amide bonds. The molecule has 164 valence electrons. The van der Waals surface area contributed by atoms with Crippen LogP contribution < -0.4 is 0 Å². The van der Waals surface area contributed by atoms with E-state index in [1.54, 1.807) is 0 Å². The number of carbonyl (C=O) groups excluding carboxylic acids is 2. The van der Waals surface area contributed by atoms with Gasteiger partial charge >= 0.3 is 0 Å². The summed E-state index contributed by atoms with van der Waals surface area (Å²) in [5.74, 6) is 0.339. The summed E-state index contributed by atoms with van der Waals surface area (Å²) in [5, 5.41) is 0. The highest BCUT2D eigenvalue weighted by molar-refractivity contribution is 5.84. The van der Waals surface area contributed by atoms with Crippen LogP contribution in [0.15, 0.2) is 30.3 Å². The maximum atomic E-state index is 13.1. The van der Waals surface area contributed by atoms with Gasteiger partial charge in [0.05, 0.1) is 0 Å². The van der Waals surface area contributed by atoms with Crippen molar-refractivity contribution in [3.63, 3.8) is 0 Å². The van der Waals surface area contributed by atoms with Crippen LogP contribution in [-0.4, -0.2) is 89.8 Å². The third kappa shape index (κ3) is 5.61. The molecule has 2 heterocycles. The number of hydrogen-bond acceptors (Lipinski definition) is 4. The Morgan fingerprint density at radius 2 is 1.50 bits per heavy atom. The molecule has 1 aromatic rings. The van der Waals surface area contributed by atoms with Crippen molar-refractivity contribution in [3.8, 4) is 0 Å². The van der Waals surface area contributed by atoms with Crippen LogP contribution in [0.2, 0.25) is 0 Å². The van der Waals surface area contributed by atoms with Crippen LogP contribution in [0, 0.1) is 0 Å². The summed E-state index contributed by atoms with van der Waals surface area (Å²) in [7, 11) is 2.09. The first-order valence-corrected chi connectivity index (χ1v) is 11.6. The lowest BCUT2D eigenvalue weighted by molar-refractivity contribution is -0.140. The number of carbonyl (C=O) groups is 2. The van der Waals surface area contributed by atoms with Crippen LogP contribution in [0.25, 0.3) is 0 Å². The van der Waals surface area contributed by atoms with Gasteiger partial charge in [0.15, 0.2) is 0 Å². The van der Waals surface area contributed by atoms with Gasteiger partial charge in [0.1, 0.15) is 0 Å². The molecule has 1 aliphatic carbocycles. The molecule has 4 rings (SSSR count). The van der Waals surface area contributed by atoms with Gasteiger partial charge in [0, 0.05) is 70.7 Å². The normalized spacial score (nSPS) is 21.6. The summed E-state index contributed by atoms with van der Waals surface area (Å²) in [6.45, 7) is 6.49. The van der Waals surface area contributed by atoms with Crippen LogP contribution in [0.1, 0.15) is 44.1 Å². The maximum Gasteiger partial charge on any atom is 0.223 e. The molecule has 3 aliphatic rings. The lowest BCUT2D eigenvalue weighted by atomic mass is 10.0. The highest BCUT2D eigenvalue weighted by atomic mass is 16.2. The topological polar surface area (TPSA) is 47.1 Å². The molecule has 0 bridgehead atoms. The standard InChI is InChI=1S/C24H36N4O2/c1-25-15-17-27(18-16-25)23(29)9-10-24(30)28(21-7-8-21)22-11-13-26(14-12-22)19-20-5-3-2-4-6-20/h2-6,21-22H,7-19H2,1H3. The Kier molecular flexibility index (Phi) is 7.05. The van der Waals surface area contributed by atoms with Crippen molar-refractivity contribution in [1.29, 1.82) is 0 Å². The Morgan fingerprint density at radius 3 is 2.13 bits per heavy atom. The molecule has 2 saturated heterocycles. The molecule has 0 spiro atoms.